The number of hydrogen-bond donors (Lipinski definition) is 1. The van der Waals surface area contributed by atoms with Crippen molar-refractivity contribution in [2.24, 2.45) is 0 Å². The van der Waals surface area contributed by atoms with Crippen LogP contribution in [0.2, 0.25) is 0 Å². The summed E-state index contributed by atoms with van der Waals surface area (Å²) in [7, 11) is 0. The van der Waals surface area contributed by atoms with Gasteiger partial charge in [-0.1, -0.05) is 30.3 Å². The maximum Gasteiger partial charge on any atom is 0.439 e. The van der Waals surface area contributed by atoms with Crippen molar-refractivity contribution in [1.29, 1.82) is 0 Å². The van der Waals surface area contributed by atoms with Crippen molar-refractivity contribution in [3.8, 4) is 0 Å². The van der Waals surface area contributed by atoms with Crippen LogP contribution < -0.4 is 0 Å². The Balaban J connectivity index is 2.42. The van der Waals surface area contributed by atoms with Gasteiger partial charge in [0.15, 0.2) is 0 Å². The van der Waals surface area contributed by atoms with E-state index in [1.165, 1.54) is 0 Å². The summed E-state index contributed by atoms with van der Waals surface area (Å²) in [6, 6.07) is 8.33. The third-order valence-corrected chi connectivity index (χ3v) is 1.53. The molecule has 1 aromatic rings. The van der Waals surface area contributed by atoms with Crippen LogP contribution in [-0.4, -0.2) is 17.6 Å². The third kappa shape index (κ3) is 3.35. The number of aliphatic hydroxyl groups is 1. The van der Waals surface area contributed by atoms with E-state index in [-0.39, 0.29) is 6.61 Å². The van der Waals surface area contributed by atoms with Crippen LogP contribution in [0, 0.1) is 0 Å². The van der Waals surface area contributed by atoms with Crippen molar-refractivity contribution in [2.75, 3.05) is 0 Å². The van der Waals surface area contributed by atoms with Crippen LogP contribution in [0.4, 0.5) is 13.2 Å². The van der Waals surface area contributed by atoms with Crippen molar-refractivity contribution < 1.29 is 23.0 Å². The van der Waals surface area contributed by atoms with Crippen LogP contribution in [0.5, 0.6) is 0 Å². The molecule has 2 nitrogen and oxygen atoms in total. The molecule has 0 saturated heterocycles. The first kappa shape index (κ1) is 11.0. The molecule has 5 heteroatoms. The molecule has 0 amide bonds. The summed E-state index contributed by atoms with van der Waals surface area (Å²) >= 11 is 0. The zero-order valence-electron chi connectivity index (χ0n) is 7.16. The first-order valence-corrected chi connectivity index (χ1v) is 3.90. The smallest absolute Gasteiger partial charge is 0.361 e. The molecule has 78 valence electrons. The van der Waals surface area contributed by atoms with Gasteiger partial charge in [0.1, 0.15) is 0 Å². The SMILES string of the molecule is O[C@H](OCc1ccccc1)C(F)(F)F. The molecule has 0 aliphatic heterocycles. The van der Waals surface area contributed by atoms with E-state index in [0.29, 0.717) is 5.56 Å². The first-order chi connectivity index (χ1) is 6.50. The van der Waals surface area contributed by atoms with Crippen LogP contribution in [-0.2, 0) is 11.3 Å². The molecule has 0 bridgehead atoms. The minimum Gasteiger partial charge on any atom is -0.361 e. The van der Waals surface area contributed by atoms with Gasteiger partial charge in [-0.05, 0) is 5.56 Å². The van der Waals surface area contributed by atoms with Crippen molar-refractivity contribution in [3.05, 3.63) is 35.9 Å². The van der Waals surface area contributed by atoms with Crippen molar-refractivity contribution in [3.63, 3.8) is 0 Å². The molecule has 0 spiro atoms. The minimum atomic E-state index is -4.73. The van der Waals surface area contributed by atoms with Crippen molar-refractivity contribution in [2.45, 2.75) is 19.1 Å². The Hall–Kier alpha value is -1.07. The highest BCUT2D eigenvalue weighted by atomic mass is 19.4. The van der Waals surface area contributed by atoms with Gasteiger partial charge >= 0.3 is 6.18 Å². The lowest BCUT2D eigenvalue weighted by atomic mass is 10.2. The summed E-state index contributed by atoms with van der Waals surface area (Å²) in [5.41, 5.74) is 0.579. The van der Waals surface area contributed by atoms with Gasteiger partial charge in [-0.2, -0.15) is 13.2 Å². The lowest BCUT2D eigenvalue weighted by Crippen LogP contribution is -2.30. The van der Waals surface area contributed by atoms with E-state index >= 15 is 0 Å². The van der Waals surface area contributed by atoms with Crippen LogP contribution in [0.1, 0.15) is 5.56 Å². The summed E-state index contributed by atoms with van der Waals surface area (Å²) in [5, 5.41) is 8.50. The maximum atomic E-state index is 11.8. The van der Waals surface area contributed by atoms with Gasteiger partial charge in [0, 0.05) is 0 Å². The normalized spacial score (nSPS) is 14.0. The molecular weight excluding hydrogens is 197 g/mol. The van der Waals surface area contributed by atoms with E-state index in [9.17, 15) is 13.2 Å². The maximum absolute atomic E-state index is 11.8. The number of halogens is 3. The number of alkyl halides is 3. The van der Waals surface area contributed by atoms with E-state index in [1.807, 2.05) is 0 Å². The highest BCUT2D eigenvalue weighted by molar-refractivity contribution is 5.13. The number of benzene rings is 1. The number of aliphatic hydroxyl groups excluding tert-OH is 1. The summed E-state index contributed by atoms with van der Waals surface area (Å²) in [6.07, 6.45) is -7.45. The van der Waals surface area contributed by atoms with Crippen molar-refractivity contribution >= 4 is 0 Å². The molecule has 0 saturated carbocycles. The summed E-state index contributed by atoms with van der Waals surface area (Å²) in [5.74, 6) is 0. The number of rotatable bonds is 3. The van der Waals surface area contributed by atoms with Crippen molar-refractivity contribution in [1.82, 2.24) is 0 Å². The Kier molecular flexibility index (Phi) is 3.49. The standard InChI is InChI=1S/C9H9F3O2/c10-9(11,12)8(13)14-6-7-4-2-1-3-5-7/h1-5,8,13H,6H2/t8-/m1/s1. The van der Waals surface area contributed by atoms with Gasteiger partial charge in [0.05, 0.1) is 6.61 Å². The van der Waals surface area contributed by atoms with E-state index in [0.717, 1.165) is 0 Å². The number of ether oxygens (including phenoxy) is 1. The fraction of sp³-hybridized carbons (Fsp3) is 0.333. The fourth-order valence-electron chi connectivity index (χ4n) is 0.844. The molecule has 0 heterocycles. The van der Waals surface area contributed by atoms with Crippen LogP contribution >= 0.6 is 0 Å². The predicted octanol–water partition coefficient (Wildman–Crippen LogP) is 2.08. The monoisotopic (exact) mass is 206 g/mol. The van der Waals surface area contributed by atoms with Gasteiger partial charge < -0.3 is 9.84 Å². The van der Waals surface area contributed by atoms with Gasteiger partial charge in [0.2, 0.25) is 0 Å². The lowest BCUT2D eigenvalue weighted by molar-refractivity contribution is -0.297. The Labute approximate surface area is 78.9 Å². The third-order valence-electron chi connectivity index (χ3n) is 1.53. The second-order valence-electron chi connectivity index (χ2n) is 2.69. The molecule has 1 rings (SSSR count). The van der Waals surface area contributed by atoms with Crippen LogP contribution in [0.3, 0.4) is 0 Å². The average molecular weight is 206 g/mol. The van der Waals surface area contributed by atoms with E-state index in [4.69, 9.17) is 5.11 Å². The Bertz CT molecular complexity index is 271. The highest BCUT2D eigenvalue weighted by Gasteiger charge is 2.39. The topological polar surface area (TPSA) is 29.5 Å². The lowest BCUT2D eigenvalue weighted by Gasteiger charge is -2.14. The largest absolute Gasteiger partial charge is 0.439 e. The van der Waals surface area contributed by atoms with Gasteiger partial charge in [0.25, 0.3) is 6.29 Å². The van der Waals surface area contributed by atoms with Gasteiger partial charge in [-0.15, -0.1) is 0 Å². The first-order valence-electron chi connectivity index (χ1n) is 3.90. The molecule has 0 unspecified atom stereocenters. The molecule has 1 atom stereocenters. The molecule has 0 fully saturated rings. The average Bonchev–Trinajstić information content (AvgIpc) is 2.14. The fourth-order valence-corrected chi connectivity index (χ4v) is 0.844. The van der Waals surface area contributed by atoms with E-state index < -0.39 is 12.5 Å². The highest BCUT2D eigenvalue weighted by Crippen LogP contribution is 2.21. The molecule has 14 heavy (non-hydrogen) atoms. The second-order valence-corrected chi connectivity index (χ2v) is 2.69. The van der Waals surface area contributed by atoms with E-state index in [2.05, 4.69) is 4.74 Å². The number of hydrogen-bond acceptors (Lipinski definition) is 2. The zero-order chi connectivity index (χ0) is 10.6. The predicted molar refractivity (Wildman–Crippen MR) is 43.3 cm³/mol. The molecule has 0 aliphatic carbocycles. The molecule has 0 radical (unpaired) electrons. The Morgan fingerprint density at radius 3 is 2.29 bits per heavy atom. The van der Waals surface area contributed by atoms with Gasteiger partial charge in [-0.25, -0.2) is 0 Å². The zero-order valence-corrected chi connectivity index (χ0v) is 7.16. The second kappa shape index (κ2) is 4.43. The van der Waals surface area contributed by atoms with Crippen LogP contribution in [0.15, 0.2) is 30.3 Å². The summed E-state index contributed by atoms with van der Waals surface area (Å²) in [6.45, 7) is -0.262. The Morgan fingerprint density at radius 2 is 1.79 bits per heavy atom. The molecular formula is C9H9F3O2. The summed E-state index contributed by atoms with van der Waals surface area (Å²) in [4.78, 5) is 0. The minimum absolute atomic E-state index is 0.262. The molecule has 0 aliphatic rings. The molecule has 0 aromatic heterocycles. The molecule has 1 N–H and O–H groups in total. The quantitative estimate of drug-likeness (QED) is 0.767. The Morgan fingerprint density at radius 1 is 1.21 bits per heavy atom. The van der Waals surface area contributed by atoms with Gasteiger partial charge in [-0.3, -0.25) is 0 Å². The van der Waals surface area contributed by atoms with Crippen LogP contribution in [0.25, 0.3) is 0 Å². The van der Waals surface area contributed by atoms with E-state index in [1.54, 1.807) is 30.3 Å². The molecule has 1 aromatic carbocycles. The summed E-state index contributed by atoms with van der Waals surface area (Å²) < 4.78 is 39.6.